The fourth-order valence-electron chi connectivity index (χ4n) is 2.89. The van der Waals surface area contributed by atoms with Crippen molar-refractivity contribution < 1.29 is 4.39 Å². The maximum absolute atomic E-state index is 14.1. The van der Waals surface area contributed by atoms with Gasteiger partial charge in [-0.1, -0.05) is 28.9 Å². The summed E-state index contributed by atoms with van der Waals surface area (Å²) in [5.74, 6) is -0.117. The number of rotatable bonds is 5. The summed E-state index contributed by atoms with van der Waals surface area (Å²) in [5.41, 5.74) is 0.795. The molecule has 1 fully saturated rings. The van der Waals surface area contributed by atoms with E-state index in [2.05, 4.69) is 40.0 Å². The van der Waals surface area contributed by atoms with Crippen molar-refractivity contribution in [2.45, 2.75) is 38.8 Å². The molecule has 1 aromatic carbocycles. The largest absolute Gasteiger partial charge is 0.315 e. The summed E-state index contributed by atoms with van der Waals surface area (Å²) in [6, 6.07) is 6.03. The molecule has 0 spiro atoms. The van der Waals surface area contributed by atoms with Crippen LogP contribution in [0.25, 0.3) is 0 Å². The third-order valence-electron chi connectivity index (χ3n) is 3.90. The molecule has 2 atom stereocenters. The van der Waals surface area contributed by atoms with E-state index in [1.807, 2.05) is 12.1 Å². The molecule has 0 aromatic heterocycles. The Hall–Kier alpha value is -0.450. The topological polar surface area (TPSA) is 15.3 Å². The van der Waals surface area contributed by atoms with Crippen LogP contribution < -0.4 is 5.32 Å². The Balaban J connectivity index is 2.19. The minimum atomic E-state index is -0.117. The van der Waals surface area contributed by atoms with Gasteiger partial charge in [0.15, 0.2) is 0 Å². The monoisotopic (exact) mass is 328 g/mol. The van der Waals surface area contributed by atoms with Gasteiger partial charge in [0.1, 0.15) is 5.82 Å². The number of nitrogens with zero attached hydrogens (tertiary/aromatic N) is 1. The van der Waals surface area contributed by atoms with Crippen LogP contribution in [0.3, 0.4) is 0 Å². The standard InChI is InChI=1S/C15H22BrFN2/c1-3-8-19(13-6-7-18-10-13)11(2)14-5-4-12(16)9-15(14)17/h4-5,9,11,13,18H,3,6-8,10H2,1-2H3. The lowest BCUT2D eigenvalue weighted by Gasteiger charge is -2.34. The Labute approximate surface area is 123 Å². The van der Waals surface area contributed by atoms with E-state index in [0.29, 0.717) is 6.04 Å². The summed E-state index contributed by atoms with van der Waals surface area (Å²) in [7, 11) is 0. The van der Waals surface area contributed by atoms with Gasteiger partial charge in [-0.2, -0.15) is 0 Å². The maximum atomic E-state index is 14.1. The Morgan fingerprint density at radius 2 is 2.32 bits per heavy atom. The van der Waals surface area contributed by atoms with Crippen molar-refractivity contribution in [2.75, 3.05) is 19.6 Å². The van der Waals surface area contributed by atoms with E-state index < -0.39 is 0 Å². The van der Waals surface area contributed by atoms with Gasteiger partial charge in [0, 0.05) is 28.7 Å². The van der Waals surface area contributed by atoms with Crippen molar-refractivity contribution in [1.29, 1.82) is 0 Å². The van der Waals surface area contributed by atoms with Crippen LogP contribution >= 0.6 is 15.9 Å². The van der Waals surface area contributed by atoms with Crippen LogP contribution in [-0.2, 0) is 0 Å². The van der Waals surface area contributed by atoms with Gasteiger partial charge in [0.25, 0.3) is 0 Å². The number of halogens is 2. The molecule has 1 aromatic rings. The van der Waals surface area contributed by atoms with E-state index in [0.717, 1.165) is 42.5 Å². The fraction of sp³-hybridized carbons (Fsp3) is 0.600. The minimum absolute atomic E-state index is 0.117. The smallest absolute Gasteiger partial charge is 0.129 e. The van der Waals surface area contributed by atoms with Crippen LogP contribution in [0, 0.1) is 5.82 Å². The lowest BCUT2D eigenvalue weighted by molar-refractivity contribution is 0.151. The molecule has 2 rings (SSSR count). The highest BCUT2D eigenvalue weighted by Gasteiger charge is 2.27. The van der Waals surface area contributed by atoms with Crippen LogP contribution in [0.2, 0.25) is 0 Å². The highest BCUT2D eigenvalue weighted by molar-refractivity contribution is 9.10. The molecule has 0 amide bonds. The number of hydrogen-bond donors (Lipinski definition) is 1. The SMILES string of the molecule is CCCN(C1CCNC1)C(C)c1ccc(Br)cc1F. The molecule has 1 aliphatic rings. The number of benzene rings is 1. The molecule has 1 heterocycles. The highest BCUT2D eigenvalue weighted by atomic mass is 79.9. The second-order valence-electron chi connectivity index (χ2n) is 5.23. The summed E-state index contributed by atoms with van der Waals surface area (Å²) in [4.78, 5) is 2.44. The predicted molar refractivity (Wildman–Crippen MR) is 80.8 cm³/mol. The molecule has 1 N–H and O–H groups in total. The Morgan fingerprint density at radius 3 is 2.89 bits per heavy atom. The predicted octanol–water partition coefficient (Wildman–Crippen LogP) is 3.72. The molecule has 2 unspecified atom stereocenters. The van der Waals surface area contributed by atoms with Crippen LogP contribution in [0.4, 0.5) is 4.39 Å². The summed E-state index contributed by atoms with van der Waals surface area (Å²) in [6.07, 6.45) is 2.25. The van der Waals surface area contributed by atoms with Crippen molar-refractivity contribution in [3.63, 3.8) is 0 Å². The van der Waals surface area contributed by atoms with Gasteiger partial charge in [-0.3, -0.25) is 4.90 Å². The number of nitrogens with one attached hydrogen (secondary N) is 1. The van der Waals surface area contributed by atoms with Gasteiger partial charge in [-0.25, -0.2) is 4.39 Å². The van der Waals surface area contributed by atoms with Crippen LogP contribution in [0.15, 0.2) is 22.7 Å². The van der Waals surface area contributed by atoms with Crippen molar-refractivity contribution in [1.82, 2.24) is 10.2 Å². The first-order valence-corrected chi connectivity index (χ1v) is 7.84. The van der Waals surface area contributed by atoms with Crippen LogP contribution in [-0.4, -0.2) is 30.6 Å². The van der Waals surface area contributed by atoms with E-state index in [-0.39, 0.29) is 11.9 Å². The van der Waals surface area contributed by atoms with Crippen LogP contribution in [0.5, 0.6) is 0 Å². The number of hydrogen-bond acceptors (Lipinski definition) is 2. The Morgan fingerprint density at radius 1 is 1.53 bits per heavy atom. The van der Waals surface area contributed by atoms with E-state index >= 15 is 0 Å². The molecule has 0 bridgehead atoms. The average molecular weight is 329 g/mol. The molecule has 0 aliphatic carbocycles. The zero-order chi connectivity index (χ0) is 13.8. The summed E-state index contributed by atoms with van der Waals surface area (Å²) >= 11 is 3.32. The van der Waals surface area contributed by atoms with E-state index in [4.69, 9.17) is 0 Å². The van der Waals surface area contributed by atoms with Gasteiger partial charge in [-0.15, -0.1) is 0 Å². The molecule has 19 heavy (non-hydrogen) atoms. The van der Waals surface area contributed by atoms with Crippen LogP contribution in [0.1, 0.15) is 38.3 Å². The van der Waals surface area contributed by atoms with E-state index in [1.165, 1.54) is 0 Å². The van der Waals surface area contributed by atoms with Gasteiger partial charge < -0.3 is 5.32 Å². The van der Waals surface area contributed by atoms with Crippen molar-refractivity contribution >= 4 is 15.9 Å². The second-order valence-corrected chi connectivity index (χ2v) is 6.14. The fourth-order valence-corrected chi connectivity index (χ4v) is 3.23. The lowest BCUT2D eigenvalue weighted by atomic mass is 10.0. The quantitative estimate of drug-likeness (QED) is 0.886. The normalized spacial score (nSPS) is 21.0. The third-order valence-corrected chi connectivity index (χ3v) is 4.39. The first kappa shape index (κ1) is 14.9. The minimum Gasteiger partial charge on any atom is -0.315 e. The lowest BCUT2D eigenvalue weighted by Crippen LogP contribution is -2.39. The summed E-state index contributed by atoms with van der Waals surface area (Å²) < 4.78 is 14.9. The summed E-state index contributed by atoms with van der Waals surface area (Å²) in [6.45, 7) is 7.40. The molecule has 106 valence electrons. The molecule has 4 heteroatoms. The van der Waals surface area contributed by atoms with Crippen molar-refractivity contribution in [2.24, 2.45) is 0 Å². The highest BCUT2D eigenvalue weighted by Crippen LogP contribution is 2.28. The zero-order valence-electron chi connectivity index (χ0n) is 11.6. The van der Waals surface area contributed by atoms with Gasteiger partial charge in [0.2, 0.25) is 0 Å². The Kier molecular flexibility index (Phi) is 5.37. The molecule has 2 nitrogen and oxygen atoms in total. The third kappa shape index (κ3) is 3.56. The molecule has 0 radical (unpaired) electrons. The first-order chi connectivity index (χ1) is 9.13. The average Bonchev–Trinajstić information content (AvgIpc) is 2.89. The van der Waals surface area contributed by atoms with E-state index in [9.17, 15) is 4.39 Å². The molecule has 1 aliphatic heterocycles. The molecular weight excluding hydrogens is 307 g/mol. The first-order valence-electron chi connectivity index (χ1n) is 7.05. The molecular formula is C15H22BrFN2. The van der Waals surface area contributed by atoms with Crippen molar-refractivity contribution in [3.05, 3.63) is 34.1 Å². The van der Waals surface area contributed by atoms with Crippen molar-refractivity contribution in [3.8, 4) is 0 Å². The van der Waals surface area contributed by atoms with Gasteiger partial charge >= 0.3 is 0 Å². The molecule has 0 saturated carbocycles. The van der Waals surface area contributed by atoms with Gasteiger partial charge in [-0.05, 0) is 45.0 Å². The second kappa shape index (κ2) is 6.82. The maximum Gasteiger partial charge on any atom is 0.129 e. The summed E-state index contributed by atoms with van der Waals surface area (Å²) in [5, 5.41) is 3.40. The Bertz CT molecular complexity index is 419. The van der Waals surface area contributed by atoms with E-state index in [1.54, 1.807) is 6.07 Å². The molecule has 1 saturated heterocycles. The van der Waals surface area contributed by atoms with Gasteiger partial charge in [0.05, 0.1) is 0 Å². The zero-order valence-corrected chi connectivity index (χ0v) is 13.2.